The van der Waals surface area contributed by atoms with Gasteiger partial charge >= 0.3 is 5.97 Å². The first kappa shape index (κ1) is 13.1. The van der Waals surface area contributed by atoms with E-state index in [4.69, 9.17) is 4.74 Å². The van der Waals surface area contributed by atoms with Crippen molar-refractivity contribution >= 4 is 5.97 Å². The van der Waals surface area contributed by atoms with Crippen LogP contribution < -0.4 is 0 Å². The van der Waals surface area contributed by atoms with Crippen molar-refractivity contribution in [3.8, 4) is 0 Å². The Hall–Kier alpha value is -1.38. The topological polar surface area (TPSA) is 26.3 Å². The van der Waals surface area contributed by atoms with Crippen LogP contribution in [0.4, 0.5) is 4.39 Å². The summed E-state index contributed by atoms with van der Waals surface area (Å²) in [6.07, 6.45) is 0.771. The molecule has 1 aromatic carbocycles. The van der Waals surface area contributed by atoms with Gasteiger partial charge in [-0.3, -0.25) is 4.79 Å². The van der Waals surface area contributed by atoms with E-state index < -0.39 is 11.0 Å². The fraction of sp³-hybridized carbons (Fsp3) is 0.533. The Morgan fingerprint density at radius 2 is 1.89 bits per heavy atom. The minimum atomic E-state index is -0.462. The van der Waals surface area contributed by atoms with Gasteiger partial charge in [-0.05, 0) is 51.8 Å². The van der Waals surface area contributed by atoms with Gasteiger partial charge in [0.05, 0.1) is 5.41 Å². The second-order valence-electron chi connectivity index (χ2n) is 6.23. The summed E-state index contributed by atoms with van der Waals surface area (Å²) in [6, 6.07) is 6.36. The molecule has 2 rings (SSSR count). The van der Waals surface area contributed by atoms with Gasteiger partial charge in [0, 0.05) is 5.92 Å². The van der Waals surface area contributed by atoms with Crippen molar-refractivity contribution in [3.05, 3.63) is 35.6 Å². The molecule has 0 saturated heterocycles. The zero-order chi connectivity index (χ0) is 13.6. The molecule has 0 N–H and O–H groups in total. The first-order chi connectivity index (χ1) is 8.22. The van der Waals surface area contributed by atoms with Crippen molar-refractivity contribution in [2.75, 3.05) is 0 Å². The third-order valence-electron chi connectivity index (χ3n) is 3.37. The molecule has 0 amide bonds. The van der Waals surface area contributed by atoms with Crippen LogP contribution >= 0.6 is 0 Å². The normalized spacial score (nSPS) is 26.8. The molecular formula is C15H19FO2. The first-order valence-corrected chi connectivity index (χ1v) is 6.21. The highest BCUT2D eigenvalue weighted by molar-refractivity contribution is 5.82. The van der Waals surface area contributed by atoms with Crippen LogP contribution in [0.5, 0.6) is 0 Å². The highest BCUT2D eigenvalue weighted by Gasteiger charge is 2.58. The van der Waals surface area contributed by atoms with Crippen molar-refractivity contribution < 1.29 is 13.9 Å². The predicted octanol–water partition coefficient (Wildman–Crippen LogP) is 3.66. The van der Waals surface area contributed by atoms with Crippen LogP contribution in [0.15, 0.2) is 24.3 Å². The lowest BCUT2D eigenvalue weighted by atomic mass is 10.0. The molecule has 1 aromatic rings. The van der Waals surface area contributed by atoms with Crippen molar-refractivity contribution in [3.63, 3.8) is 0 Å². The number of carbonyl (C=O) groups excluding carboxylic acids is 1. The summed E-state index contributed by atoms with van der Waals surface area (Å²) < 4.78 is 18.3. The van der Waals surface area contributed by atoms with Crippen molar-refractivity contribution in [1.29, 1.82) is 0 Å². The van der Waals surface area contributed by atoms with E-state index in [9.17, 15) is 9.18 Å². The van der Waals surface area contributed by atoms with Gasteiger partial charge in [0.15, 0.2) is 0 Å². The van der Waals surface area contributed by atoms with Crippen molar-refractivity contribution in [1.82, 2.24) is 0 Å². The Kier molecular flexibility index (Phi) is 2.96. The van der Waals surface area contributed by atoms with Crippen LogP contribution in [-0.2, 0) is 9.53 Å². The zero-order valence-electron chi connectivity index (χ0n) is 11.3. The number of halogens is 1. The fourth-order valence-corrected chi connectivity index (χ4v) is 2.17. The molecule has 0 unspecified atom stereocenters. The summed E-state index contributed by atoms with van der Waals surface area (Å²) in [5.41, 5.74) is 0.0889. The molecule has 2 nitrogen and oxygen atoms in total. The lowest BCUT2D eigenvalue weighted by Crippen LogP contribution is -2.29. The fourth-order valence-electron chi connectivity index (χ4n) is 2.17. The van der Waals surface area contributed by atoms with E-state index in [0.29, 0.717) is 0 Å². The standard InChI is InChI=1S/C15H19FO2/c1-14(2,3)18-13(17)15(4)9-12(15)10-5-7-11(16)8-6-10/h5-8,12H,9H2,1-4H3/t12-,15+/m0/s1. The number of hydrogen-bond donors (Lipinski definition) is 0. The summed E-state index contributed by atoms with van der Waals surface area (Å²) >= 11 is 0. The van der Waals surface area contributed by atoms with E-state index in [2.05, 4.69) is 0 Å². The molecule has 0 aliphatic heterocycles. The molecule has 0 radical (unpaired) electrons. The minimum Gasteiger partial charge on any atom is -0.460 e. The summed E-state index contributed by atoms with van der Waals surface area (Å²) in [6.45, 7) is 7.51. The van der Waals surface area contributed by atoms with Gasteiger partial charge in [0.25, 0.3) is 0 Å². The number of benzene rings is 1. The Morgan fingerprint density at radius 1 is 1.33 bits per heavy atom. The third kappa shape index (κ3) is 2.55. The molecular weight excluding hydrogens is 231 g/mol. The van der Waals surface area contributed by atoms with Crippen LogP contribution in [-0.4, -0.2) is 11.6 Å². The smallest absolute Gasteiger partial charge is 0.312 e. The van der Waals surface area contributed by atoms with E-state index in [1.54, 1.807) is 12.1 Å². The first-order valence-electron chi connectivity index (χ1n) is 6.21. The molecule has 0 aromatic heterocycles. The monoisotopic (exact) mass is 250 g/mol. The minimum absolute atomic E-state index is 0.146. The largest absolute Gasteiger partial charge is 0.460 e. The Bertz CT molecular complexity index is 458. The molecule has 0 heterocycles. The third-order valence-corrected chi connectivity index (χ3v) is 3.37. The van der Waals surface area contributed by atoms with Gasteiger partial charge in [0.2, 0.25) is 0 Å². The molecule has 1 saturated carbocycles. The number of ether oxygens (including phenoxy) is 1. The Morgan fingerprint density at radius 3 is 2.39 bits per heavy atom. The van der Waals surface area contributed by atoms with Gasteiger partial charge in [-0.25, -0.2) is 4.39 Å². The van der Waals surface area contributed by atoms with E-state index >= 15 is 0 Å². The summed E-state index contributed by atoms with van der Waals surface area (Å²) in [5, 5.41) is 0. The number of esters is 1. The maximum atomic E-state index is 12.9. The van der Waals surface area contributed by atoms with E-state index in [0.717, 1.165) is 12.0 Å². The quantitative estimate of drug-likeness (QED) is 0.749. The Balaban J connectivity index is 2.08. The maximum Gasteiger partial charge on any atom is 0.312 e. The average Bonchev–Trinajstić information content (AvgIpc) is 2.91. The van der Waals surface area contributed by atoms with Crippen molar-refractivity contribution in [2.45, 2.75) is 45.6 Å². The van der Waals surface area contributed by atoms with Crippen LogP contribution in [0.2, 0.25) is 0 Å². The zero-order valence-corrected chi connectivity index (χ0v) is 11.3. The van der Waals surface area contributed by atoms with Crippen molar-refractivity contribution in [2.24, 2.45) is 5.41 Å². The second kappa shape index (κ2) is 4.08. The molecule has 1 aliphatic carbocycles. The van der Waals surface area contributed by atoms with Crippen LogP contribution in [0.25, 0.3) is 0 Å². The SMILES string of the molecule is CC(C)(C)OC(=O)[C@]1(C)C[C@H]1c1ccc(F)cc1. The molecule has 2 atom stereocenters. The highest BCUT2D eigenvalue weighted by atomic mass is 19.1. The second-order valence-corrected chi connectivity index (χ2v) is 6.23. The number of rotatable bonds is 2. The maximum absolute atomic E-state index is 12.9. The predicted molar refractivity (Wildman–Crippen MR) is 67.7 cm³/mol. The van der Waals surface area contributed by atoms with E-state index in [1.165, 1.54) is 12.1 Å². The van der Waals surface area contributed by atoms with Crippen LogP contribution in [0.1, 0.15) is 45.6 Å². The molecule has 18 heavy (non-hydrogen) atoms. The number of hydrogen-bond acceptors (Lipinski definition) is 2. The van der Waals surface area contributed by atoms with Gasteiger partial charge < -0.3 is 4.74 Å². The highest BCUT2D eigenvalue weighted by Crippen LogP contribution is 2.60. The lowest BCUT2D eigenvalue weighted by Gasteiger charge is -2.22. The van der Waals surface area contributed by atoms with Gasteiger partial charge in [-0.1, -0.05) is 12.1 Å². The van der Waals surface area contributed by atoms with E-state index in [-0.39, 0.29) is 17.7 Å². The molecule has 0 bridgehead atoms. The summed E-state index contributed by atoms with van der Waals surface area (Å²) in [7, 11) is 0. The van der Waals surface area contributed by atoms with E-state index in [1.807, 2.05) is 27.7 Å². The molecule has 0 spiro atoms. The average molecular weight is 250 g/mol. The molecule has 1 aliphatic rings. The van der Waals surface area contributed by atoms with Crippen LogP contribution in [0, 0.1) is 11.2 Å². The molecule has 98 valence electrons. The van der Waals surface area contributed by atoms with Gasteiger partial charge in [-0.15, -0.1) is 0 Å². The molecule has 1 fully saturated rings. The molecule has 3 heteroatoms. The van der Waals surface area contributed by atoms with Gasteiger partial charge in [0.1, 0.15) is 11.4 Å². The number of carbonyl (C=O) groups is 1. The van der Waals surface area contributed by atoms with Crippen LogP contribution in [0.3, 0.4) is 0 Å². The summed E-state index contributed by atoms with van der Waals surface area (Å²) in [5.74, 6) is -0.268. The summed E-state index contributed by atoms with van der Waals surface area (Å²) in [4.78, 5) is 12.1. The lowest BCUT2D eigenvalue weighted by molar-refractivity contribution is -0.161. The Labute approximate surface area is 107 Å². The van der Waals surface area contributed by atoms with Gasteiger partial charge in [-0.2, -0.15) is 0 Å².